The van der Waals surface area contributed by atoms with Crippen molar-refractivity contribution in [2.45, 2.75) is 45.1 Å². The van der Waals surface area contributed by atoms with Gasteiger partial charge in [-0.3, -0.25) is 4.79 Å². The van der Waals surface area contributed by atoms with Crippen LogP contribution in [0.15, 0.2) is 0 Å². The van der Waals surface area contributed by atoms with Crippen LogP contribution in [0.5, 0.6) is 0 Å². The van der Waals surface area contributed by atoms with E-state index in [9.17, 15) is 4.79 Å². The first kappa shape index (κ1) is 14.5. The van der Waals surface area contributed by atoms with Crippen LogP contribution < -0.4 is 10.6 Å². The summed E-state index contributed by atoms with van der Waals surface area (Å²) in [5.41, 5.74) is 0. The molecule has 1 atom stereocenters. The minimum Gasteiger partial charge on any atom is -0.356 e. The van der Waals surface area contributed by atoms with Gasteiger partial charge in [-0.1, -0.05) is 6.92 Å². The largest absolute Gasteiger partial charge is 0.356 e. The van der Waals surface area contributed by atoms with Crippen LogP contribution in [0, 0.1) is 0 Å². The van der Waals surface area contributed by atoms with E-state index in [0.717, 1.165) is 19.5 Å². The van der Waals surface area contributed by atoms with Crippen LogP contribution in [0.3, 0.4) is 0 Å². The lowest BCUT2D eigenvalue weighted by Crippen LogP contribution is -2.34. The van der Waals surface area contributed by atoms with Gasteiger partial charge in [-0.2, -0.15) is 0 Å². The summed E-state index contributed by atoms with van der Waals surface area (Å²) in [7, 11) is 2.18. The molecule has 0 saturated carbocycles. The second-order valence-corrected chi connectivity index (χ2v) is 4.99. The first-order valence-corrected chi connectivity index (χ1v) is 6.91. The van der Waals surface area contributed by atoms with E-state index in [0.29, 0.717) is 12.5 Å². The molecule has 4 nitrogen and oxygen atoms in total. The summed E-state index contributed by atoms with van der Waals surface area (Å²) in [6.07, 6.45) is 5.31. The summed E-state index contributed by atoms with van der Waals surface area (Å²) < 4.78 is 0. The molecule has 1 rings (SSSR count). The second kappa shape index (κ2) is 8.48. The number of carbonyl (C=O) groups excluding carboxylic acids is 1. The molecule has 4 heteroatoms. The molecule has 1 saturated heterocycles. The highest BCUT2D eigenvalue weighted by Gasteiger charge is 2.14. The standard InChI is InChI=1S/C13H27N3O/c1-3-8-15-13(17)6-9-14-12-5-4-10-16(2)11-7-12/h12,14H,3-11H2,1-2H3,(H,15,17). The van der Waals surface area contributed by atoms with Crippen LogP contribution >= 0.6 is 0 Å². The summed E-state index contributed by atoms with van der Waals surface area (Å²) in [6.45, 7) is 6.05. The van der Waals surface area contributed by atoms with E-state index in [-0.39, 0.29) is 5.91 Å². The van der Waals surface area contributed by atoms with Crippen molar-refractivity contribution < 1.29 is 4.79 Å². The van der Waals surface area contributed by atoms with Crippen molar-refractivity contribution in [3.8, 4) is 0 Å². The molecule has 100 valence electrons. The lowest BCUT2D eigenvalue weighted by molar-refractivity contribution is -0.121. The van der Waals surface area contributed by atoms with Crippen LogP contribution in [-0.4, -0.2) is 50.1 Å². The van der Waals surface area contributed by atoms with Gasteiger partial charge in [0.2, 0.25) is 5.91 Å². The number of hydrogen-bond acceptors (Lipinski definition) is 3. The van der Waals surface area contributed by atoms with Crippen LogP contribution in [-0.2, 0) is 4.79 Å². The molecular weight excluding hydrogens is 214 g/mol. The summed E-state index contributed by atoms with van der Waals surface area (Å²) in [5, 5.41) is 6.40. The quantitative estimate of drug-likeness (QED) is 0.728. The van der Waals surface area contributed by atoms with Crippen molar-refractivity contribution in [3.63, 3.8) is 0 Å². The Balaban J connectivity index is 2.07. The van der Waals surface area contributed by atoms with E-state index < -0.39 is 0 Å². The third kappa shape index (κ3) is 6.64. The number of nitrogens with one attached hydrogen (secondary N) is 2. The maximum Gasteiger partial charge on any atom is 0.221 e. The van der Waals surface area contributed by atoms with E-state index in [1.165, 1.54) is 32.4 Å². The van der Waals surface area contributed by atoms with E-state index in [4.69, 9.17) is 0 Å². The number of nitrogens with zero attached hydrogens (tertiary/aromatic N) is 1. The van der Waals surface area contributed by atoms with Gasteiger partial charge in [-0.25, -0.2) is 0 Å². The second-order valence-electron chi connectivity index (χ2n) is 4.99. The third-order valence-corrected chi connectivity index (χ3v) is 3.31. The molecule has 1 aliphatic rings. The maximum atomic E-state index is 11.4. The van der Waals surface area contributed by atoms with E-state index in [1.807, 2.05) is 0 Å². The molecule has 1 heterocycles. The normalized spacial score (nSPS) is 22.1. The SMILES string of the molecule is CCCNC(=O)CCNC1CCCN(C)CC1. The Kier molecular flexibility index (Phi) is 7.21. The smallest absolute Gasteiger partial charge is 0.221 e. The molecule has 17 heavy (non-hydrogen) atoms. The molecule has 0 aromatic carbocycles. The van der Waals surface area contributed by atoms with Gasteiger partial charge in [-0.15, -0.1) is 0 Å². The first-order valence-electron chi connectivity index (χ1n) is 6.91. The molecule has 0 aromatic heterocycles. The fourth-order valence-corrected chi connectivity index (χ4v) is 2.19. The topological polar surface area (TPSA) is 44.4 Å². The third-order valence-electron chi connectivity index (χ3n) is 3.31. The molecule has 1 unspecified atom stereocenters. The Labute approximate surface area is 105 Å². The Hall–Kier alpha value is -0.610. The van der Waals surface area contributed by atoms with E-state index in [1.54, 1.807) is 0 Å². The zero-order valence-electron chi connectivity index (χ0n) is 11.3. The Morgan fingerprint density at radius 3 is 2.88 bits per heavy atom. The average Bonchev–Trinajstić information content (AvgIpc) is 2.52. The summed E-state index contributed by atoms with van der Waals surface area (Å²) in [5.74, 6) is 0.171. The van der Waals surface area contributed by atoms with Crippen molar-refractivity contribution in [1.82, 2.24) is 15.5 Å². The van der Waals surface area contributed by atoms with Crippen molar-refractivity contribution >= 4 is 5.91 Å². The van der Waals surface area contributed by atoms with E-state index in [2.05, 4.69) is 29.5 Å². The fraction of sp³-hybridized carbons (Fsp3) is 0.923. The molecule has 1 aliphatic heterocycles. The highest BCUT2D eigenvalue weighted by atomic mass is 16.1. The Morgan fingerprint density at radius 2 is 2.12 bits per heavy atom. The molecular formula is C13H27N3O. The minimum atomic E-state index is 0.171. The van der Waals surface area contributed by atoms with E-state index >= 15 is 0 Å². The van der Waals surface area contributed by atoms with Gasteiger partial charge in [0.25, 0.3) is 0 Å². The Morgan fingerprint density at radius 1 is 1.29 bits per heavy atom. The zero-order chi connectivity index (χ0) is 12.5. The summed E-state index contributed by atoms with van der Waals surface area (Å²) >= 11 is 0. The number of likely N-dealkylation sites (tertiary alicyclic amines) is 1. The van der Waals surface area contributed by atoms with Crippen LogP contribution in [0.4, 0.5) is 0 Å². The van der Waals surface area contributed by atoms with Crippen LogP contribution in [0.2, 0.25) is 0 Å². The Bertz CT molecular complexity index is 221. The first-order chi connectivity index (χ1) is 8.22. The number of rotatable bonds is 6. The van der Waals surface area contributed by atoms with Crippen molar-refractivity contribution in [2.75, 3.05) is 33.2 Å². The summed E-state index contributed by atoms with van der Waals surface area (Å²) in [6, 6.07) is 0.596. The number of hydrogen-bond donors (Lipinski definition) is 2. The van der Waals surface area contributed by atoms with Gasteiger partial charge in [-0.05, 0) is 45.8 Å². The van der Waals surface area contributed by atoms with Crippen molar-refractivity contribution in [3.05, 3.63) is 0 Å². The molecule has 0 aromatic rings. The fourth-order valence-electron chi connectivity index (χ4n) is 2.19. The predicted octanol–water partition coefficient (Wildman–Crippen LogP) is 0.977. The van der Waals surface area contributed by atoms with Crippen molar-refractivity contribution in [2.24, 2.45) is 0 Å². The monoisotopic (exact) mass is 241 g/mol. The lowest BCUT2D eigenvalue weighted by Gasteiger charge is -2.16. The van der Waals surface area contributed by atoms with Gasteiger partial charge in [0, 0.05) is 25.6 Å². The molecule has 1 fully saturated rings. The minimum absolute atomic E-state index is 0.171. The highest BCUT2D eigenvalue weighted by Crippen LogP contribution is 2.09. The molecule has 1 amide bonds. The zero-order valence-corrected chi connectivity index (χ0v) is 11.3. The van der Waals surface area contributed by atoms with Gasteiger partial charge >= 0.3 is 0 Å². The number of amides is 1. The lowest BCUT2D eigenvalue weighted by atomic mass is 10.1. The van der Waals surface area contributed by atoms with Crippen molar-refractivity contribution in [1.29, 1.82) is 0 Å². The molecule has 0 spiro atoms. The highest BCUT2D eigenvalue weighted by molar-refractivity contribution is 5.75. The van der Waals surface area contributed by atoms with Gasteiger partial charge in [0.05, 0.1) is 0 Å². The number of carbonyl (C=O) groups is 1. The molecule has 0 aliphatic carbocycles. The van der Waals surface area contributed by atoms with Crippen LogP contribution in [0.25, 0.3) is 0 Å². The molecule has 0 bridgehead atoms. The molecule has 2 N–H and O–H groups in total. The van der Waals surface area contributed by atoms with Gasteiger partial charge in [0.1, 0.15) is 0 Å². The maximum absolute atomic E-state index is 11.4. The van der Waals surface area contributed by atoms with Crippen LogP contribution in [0.1, 0.15) is 39.0 Å². The molecule has 0 radical (unpaired) electrons. The predicted molar refractivity (Wildman–Crippen MR) is 71.1 cm³/mol. The summed E-state index contributed by atoms with van der Waals surface area (Å²) in [4.78, 5) is 13.8. The van der Waals surface area contributed by atoms with Gasteiger partial charge in [0.15, 0.2) is 0 Å². The van der Waals surface area contributed by atoms with Gasteiger partial charge < -0.3 is 15.5 Å². The average molecular weight is 241 g/mol.